The summed E-state index contributed by atoms with van der Waals surface area (Å²) in [6.07, 6.45) is 0. The fraction of sp³-hybridized carbons (Fsp3) is 0.333. The molecule has 0 unspecified atom stereocenters. The normalized spacial score (nSPS) is 10.7. The molecule has 2 rings (SSSR count). The largest absolute Gasteiger partial charge is 0.306 e. The van der Waals surface area contributed by atoms with E-state index in [1.807, 2.05) is 20.8 Å². The van der Waals surface area contributed by atoms with E-state index in [0.717, 1.165) is 22.4 Å². The highest BCUT2D eigenvalue weighted by molar-refractivity contribution is 5.65. The zero-order chi connectivity index (χ0) is 13.4. The molecule has 0 bridgehead atoms. The molecule has 1 aromatic carbocycles. The number of H-pyrrole nitrogens is 1. The summed E-state index contributed by atoms with van der Waals surface area (Å²) in [6, 6.07) is 4.22. The topological polar surface area (TPSA) is 45.8 Å². The van der Waals surface area contributed by atoms with E-state index in [9.17, 15) is 4.79 Å². The number of nitrogens with zero attached hydrogens (tertiary/aromatic N) is 1. The van der Waals surface area contributed by atoms with Crippen LogP contribution in [-0.4, -0.2) is 9.97 Å². The second kappa shape index (κ2) is 4.41. The summed E-state index contributed by atoms with van der Waals surface area (Å²) in [5.41, 5.74) is 5.93. The Bertz CT molecular complexity index is 646. The molecule has 0 aliphatic rings. The molecule has 0 aliphatic carbocycles. The van der Waals surface area contributed by atoms with Crippen LogP contribution in [0.5, 0.6) is 0 Å². The van der Waals surface area contributed by atoms with Crippen molar-refractivity contribution in [1.82, 2.24) is 9.97 Å². The van der Waals surface area contributed by atoms with Crippen molar-refractivity contribution in [2.75, 3.05) is 0 Å². The lowest BCUT2D eigenvalue weighted by atomic mass is 9.99. The van der Waals surface area contributed by atoms with Gasteiger partial charge < -0.3 is 4.98 Å². The molecule has 3 nitrogen and oxygen atoms in total. The molecule has 0 radical (unpaired) electrons. The Labute approximate surface area is 107 Å². The summed E-state index contributed by atoms with van der Waals surface area (Å²) in [7, 11) is 0. The molecule has 0 aliphatic heterocycles. The predicted molar refractivity (Wildman–Crippen MR) is 74.0 cm³/mol. The second-order valence-electron chi connectivity index (χ2n) is 4.90. The fourth-order valence-electron chi connectivity index (χ4n) is 2.32. The van der Waals surface area contributed by atoms with Crippen molar-refractivity contribution in [3.63, 3.8) is 0 Å². The lowest BCUT2D eigenvalue weighted by molar-refractivity contribution is 1.02. The number of nitrogens with one attached hydrogen (secondary N) is 1. The van der Waals surface area contributed by atoms with Crippen molar-refractivity contribution >= 4 is 0 Å². The van der Waals surface area contributed by atoms with E-state index in [2.05, 4.69) is 29.0 Å². The van der Waals surface area contributed by atoms with Crippen LogP contribution in [0, 0.1) is 34.6 Å². The highest BCUT2D eigenvalue weighted by atomic mass is 16.1. The molecular weight excluding hydrogens is 224 g/mol. The Morgan fingerprint density at radius 1 is 1.00 bits per heavy atom. The lowest BCUT2D eigenvalue weighted by Crippen LogP contribution is -2.15. The molecule has 0 spiro atoms. The molecule has 0 atom stereocenters. The van der Waals surface area contributed by atoms with Gasteiger partial charge in [-0.05, 0) is 45.7 Å². The minimum Gasteiger partial charge on any atom is -0.306 e. The SMILES string of the molecule is Cc1cc(C)c(-c2nc(C)c(C)c(=O)[nH]2)c(C)c1. The Morgan fingerprint density at radius 3 is 2.06 bits per heavy atom. The molecule has 18 heavy (non-hydrogen) atoms. The van der Waals surface area contributed by atoms with Gasteiger partial charge in [-0.1, -0.05) is 17.7 Å². The highest BCUT2D eigenvalue weighted by Gasteiger charge is 2.11. The number of benzene rings is 1. The van der Waals surface area contributed by atoms with Crippen molar-refractivity contribution in [3.8, 4) is 11.4 Å². The Kier molecular flexibility index (Phi) is 3.07. The minimum atomic E-state index is -0.0584. The molecule has 1 heterocycles. The van der Waals surface area contributed by atoms with Gasteiger partial charge in [0.05, 0.1) is 0 Å². The van der Waals surface area contributed by atoms with Crippen LogP contribution in [0.25, 0.3) is 11.4 Å². The zero-order valence-corrected chi connectivity index (χ0v) is 11.5. The van der Waals surface area contributed by atoms with Gasteiger partial charge in [-0.15, -0.1) is 0 Å². The number of hydrogen-bond donors (Lipinski definition) is 1. The van der Waals surface area contributed by atoms with E-state index in [1.54, 1.807) is 6.92 Å². The third-order valence-corrected chi connectivity index (χ3v) is 3.31. The van der Waals surface area contributed by atoms with Gasteiger partial charge in [-0.2, -0.15) is 0 Å². The summed E-state index contributed by atoms with van der Waals surface area (Å²) in [5.74, 6) is 0.665. The Balaban J connectivity index is 2.74. The third kappa shape index (κ3) is 2.08. The molecule has 1 N–H and O–H groups in total. The zero-order valence-electron chi connectivity index (χ0n) is 11.5. The third-order valence-electron chi connectivity index (χ3n) is 3.31. The smallest absolute Gasteiger partial charge is 0.254 e. The van der Waals surface area contributed by atoms with Gasteiger partial charge in [0.15, 0.2) is 0 Å². The summed E-state index contributed by atoms with van der Waals surface area (Å²) >= 11 is 0. The number of aromatic amines is 1. The molecule has 2 aromatic rings. The van der Waals surface area contributed by atoms with Gasteiger partial charge in [0.25, 0.3) is 5.56 Å². The van der Waals surface area contributed by atoms with Crippen LogP contribution < -0.4 is 5.56 Å². The van der Waals surface area contributed by atoms with Crippen LogP contribution >= 0.6 is 0 Å². The quantitative estimate of drug-likeness (QED) is 0.835. The number of rotatable bonds is 1. The molecule has 0 saturated carbocycles. The number of aromatic nitrogens is 2. The summed E-state index contributed by atoms with van der Waals surface area (Å²) in [4.78, 5) is 19.2. The van der Waals surface area contributed by atoms with Gasteiger partial charge in [0.2, 0.25) is 0 Å². The molecule has 0 saturated heterocycles. The average molecular weight is 242 g/mol. The fourth-order valence-corrected chi connectivity index (χ4v) is 2.32. The maximum absolute atomic E-state index is 11.8. The summed E-state index contributed by atoms with van der Waals surface area (Å²) in [5, 5.41) is 0. The van der Waals surface area contributed by atoms with Crippen molar-refractivity contribution < 1.29 is 0 Å². The first kappa shape index (κ1) is 12.6. The van der Waals surface area contributed by atoms with Crippen LogP contribution in [0.2, 0.25) is 0 Å². The molecule has 94 valence electrons. The van der Waals surface area contributed by atoms with Crippen molar-refractivity contribution in [1.29, 1.82) is 0 Å². The van der Waals surface area contributed by atoms with E-state index in [-0.39, 0.29) is 5.56 Å². The molecule has 3 heteroatoms. The van der Waals surface area contributed by atoms with Crippen molar-refractivity contribution in [2.24, 2.45) is 0 Å². The molecule has 0 amide bonds. The average Bonchev–Trinajstić information content (AvgIpc) is 2.24. The standard InChI is InChI=1S/C15H18N2O/c1-8-6-9(2)13(10(3)7-8)14-16-12(5)11(4)15(18)17-14/h6-7H,1-5H3,(H,16,17,18). The summed E-state index contributed by atoms with van der Waals surface area (Å²) < 4.78 is 0. The number of hydrogen-bond acceptors (Lipinski definition) is 2. The van der Waals surface area contributed by atoms with Crippen LogP contribution in [0.1, 0.15) is 27.9 Å². The van der Waals surface area contributed by atoms with Gasteiger partial charge >= 0.3 is 0 Å². The van der Waals surface area contributed by atoms with E-state index >= 15 is 0 Å². The molecule has 0 fully saturated rings. The van der Waals surface area contributed by atoms with Crippen molar-refractivity contribution in [3.05, 3.63) is 50.4 Å². The van der Waals surface area contributed by atoms with E-state index in [1.165, 1.54) is 5.56 Å². The summed E-state index contributed by atoms with van der Waals surface area (Å²) in [6.45, 7) is 9.82. The van der Waals surface area contributed by atoms with Crippen LogP contribution in [-0.2, 0) is 0 Å². The molecule has 1 aromatic heterocycles. The maximum Gasteiger partial charge on any atom is 0.254 e. The first-order chi connectivity index (χ1) is 8.40. The van der Waals surface area contributed by atoms with E-state index in [4.69, 9.17) is 0 Å². The highest BCUT2D eigenvalue weighted by Crippen LogP contribution is 2.25. The second-order valence-corrected chi connectivity index (χ2v) is 4.90. The predicted octanol–water partition coefficient (Wildman–Crippen LogP) is 2.98. The monoisotopic (exact) mass is 242 g/mol. The van der Waals surface area contributed by atoms with Crippen LogP contribution in [0.4, 0.5) is 0 Å². The van der Waals surface area contributed by atoms with Gasteiger partial charge in [-0.25, -0.2) is 4.98 Å². The van der Waals surface area contributed by atoms with Gasteiger partial charge in [-0.3, -0.25) is 4.79 Å². The maximum atomic E-state index is 11.8. The van der Waals surface area contributed by atoms with Crippen LogP contribution in [0.3, 0.4) is 0 Å². The van der Waals surface area contributed by atoms with E-state index in [0.29, 0.717) is 11.4 Å². The molecular formula is C15H18N2O. The van der Waals surface area contributed by atoms with E-state index < -0.39 is 0 Å². The Morgan fingerprint density at radius 2 is 1.56 bits per heavy atom. The Hall–Kier alpha value is -1.90. The van der Waals surface area contributed by atoms with Crippen molar-refractivity contribution in [2.45, 2.75) is 34.6 Å². The van der Waals surface area contributed by atoms with Crippen LogP contribution in [0.15, 0.2) is 16.9 Å². The lowest BCUT2D eigenvalue weighted by Gasteiger charge is -2.11. The minimum absolute atomic E-state index is 0.0584. The van der Waals surface area contributed by atoms with Gasteiger partial charge in [0.1, 0.15) is 5.82 Å². The number of aryl methyl sites for hydroxylation is 4. The van der Waals surface area contributed by atoms with Gasteiger partial charge in [0, 0.05) is 16.8 Å². The first-order valence-electron chi connectivity index (χ1n) is 6.06. The first-order valence-corrected chi connectivity index (χ1v) is 6.06.